The van der Waals surface area contributed by atoms with Crippen molar-refractivity contribution in [3.8, 4) is 0 Å². The molecule has 0 aromatic carbocycles. The maximum Gasteiger partial charge on any atom is 0.306 e. The third kappa shape index (κ3) is 42.8. The predicted octanol–water partition coefficient (Wildman–Crippen LogP) is 15.5. The van der Waals surface area contributed by atoms with Gasteiger partial charge in [0.2, 0.25) is 5.91 Å². The second-order valence-electron chi connectivity index (χ2n) is 17.9. The second kappa shape index (κ2) is 47.4. The van der Waals surface area contributed by atoms with Crippen molar-refractivity contribution in [2.75, 3.05) is 6.61 Å². The van der Waals surface area contributed by atoms with Gasteiger partial charge in [0, 0.05) is 6.42 Å². The minimum absolute atomic E-state index is 0.0751. The molecule has 59 heavy (non-hydrogen) atoms. The van der Waals surface area contributed by atoms with Crippen LogP contribution in [0.2, 0.25) is 0 Å². The highest BCUT2D eigenvalue weighted by Crippen LogP contribution is 2.18. The van der Waals surface area contributed by atoms with E-state index >= 15 is 0 Å². The van der Waals surface area contributed by atoms with Crippen molar-refractivity contribution in [1.29, 1.82) is 0 Å². The first kappa shape index (κ1) is 57.3. The zero-order valence-electron chi connectivity index (χ0n) is 39.7. The van der Waals surface area contributed by atoms with Crippen molar-refractivity contribution in [2.24, 2.45) is 0 Å². The number of allylic oxidation sites excluding steroid dienone is 4. The normalized spacial score (nSPS) is 13.4. The van der Waals surface area contributed by atoms with Crippen LogP contribution in [0, 0.1) is 0 Å². The summed E-state index contributed by atoms with van der Waals surface area (Å²) < 4.78 is 5.93. The fourth-order valence-electron chi connectivity index (χ4n) is 8.01. The van der Waals surface area contributed by atoms with Gasteiger partial charge < -0.3 is 20.3 Å². The van der Waals surface area contributed by atoms with Crippen LogP contribution >= 0.6 is 0 Å². The molecule has 3 unspecified atom stereocenters. The lowest BCUT2D eigenvalue weighted by Crippen LogP contribution is -2.46. The summed E-state index contributed by atoms with van der Waals surface area (Å²) >= 11 is 0. The molecule has 0 bridgehead atoms. The smallest absolute Gasteiger partial charge is 0.306 e. The van der Waals surface area contributed by atoms with E-state index in [1.807, 2.05) is 0 Å². The molecule has 0 spiro atoms. The molecule has 6 nitrogen and oxygen atoms in total. The molecule has 0 fully saturated rings. The van der Waals surface area contributed by atoms with E-state index in [1.165, 1.54) is 173 Å². The summed E-state index contributed by atoms with van der Waals surface area (Å²) in [6, 6.07) is -0.700. The molecule has 0 saturated heterocycles. The van der Waals surface area contributed by atoms with Crippen molar-refractivity contribution in [2.45, 2.75) is 296 Å². The summed E-state index contributed by atoms with van der Waals surface area (Å²) in [6.07, 6.45) is 53.8. The van der Waals surface area contributed by atoms with Crippen LogP contribution in [-0.4, -0.2) is 46.9 Å². The van der Waals surface area contributed by atoms with Crippen LogP contribution in [-0.2, 0) is 14.3 Å². The molecular formula is C53H101NO5. The number of esters is 1. The van der Waals surface area contributed by atoms with Crippen molar-refractivity contribution in [3.63, 3.8) is 0 Å². The molecule has 0 aromatic heterocycles. The molecule has 0 rings (SSSR count). The van der Waals surface area contributed by atoms with Crippen molar-refractivity contribution >= 4 is 11.9 Å². The van der Waals surface area contributed by atoms with Crippen LogP contribution in [0.5, 0.6) is 0 Å². The molecule has 6 heteroatoms. The Morgan fingerprint density at radius 1 is 0.475 bits per heavy atom. The lowest BCUT2D eigenvalue weighted by molar-refractivity contribution is -0.151. The first-order valence-corrected chi connectivity index (χ1v) is 26.1. The highest BCUT2D eigenvalue weighted by molar-refractivity contribution is 5.77. The van der Waals surface area contributed by atoms with E-state index in [0.29, 0.717) is 19.3 Å². The van der Waals surface area contributed by atoms with Gasteiger partial charge in [-0.1, -0.05) is 212 Å². The number of nitrogens with one attached hydrogen (secondary N) is 1. The van der Waals surface area contributed by atoms with Gasteiger partial charge in [-0.3, -0.25) is 9.59 Å². The number of carbonyl (C=O) groups excluding carboxylic acids is 2. The van der Waals surface area contributed by atoms with Crippen molar-refractivity contribution in [3.05, 3.63) is 24.3 Å². The largest absolute Gasteiger partial charge is 0.462 e. The van der Waals surface area contributed by atoms with Gasteiger partial charge in [-0.2, -0.15) is 0 Å². The third-order valence-electron chi connectivity index (χ3n) is 12.0. The van der Waals surface area contributed by atoms with Gasteiger partial charge in [-0.15, -0.1) is 0 Å². The van der Waals surface area contributed by atoms with Crippen LogP contribution in [0.15, 0.2) is 24.3 Å². The van der Waals surface area contributed by atoms with E-state index in [0.717, 1.165) is 57.8 Å². The number of rotatable bonds is 47. The molecule has 0 aliphatic rings. The first-order valence-electron chi connectivity index (χ1n) is 26.1. The van der Waals surface area contributed by atoms with Gasteiger partial charge in [-0.25, -0.2) is 0 Å². The molecule has 0 heterocycles. The average molecular weight is 832 g/mol. The maximum absolute atomic E-state index is 13.2. The van der Waals surface area contributed by atoms with E-state index < -0.39 is 18.2 Å². The summed E-state index contributed by atoms with van der Waals surface area (Å²) in [4.78, 5) is 26.1. The quantitative estimate of drug-likeness (QED) is 0.0322. The summed E-state index contributed by atoms with van der Waals surface area (Å²) in [5.41, 5.74) is 0. The summed E-state index contributed by atoms with van der Waals surface area (Å²) in [6.45, 7) is 6.46. The van der Waals surface area contributed by atoms with Crippen molar-refractivity contribution in [1.82, 2.24) is 5.32 Å². The van der Waals surface area contributed by atoms with Gasteiger partial charge in [-0.05, 0) is 77.0 Å². The Morgan fingerprint density at radius 3 is 1.24 bits per heavy atom. The number of amides is 1. The molecule has 348 valence electrons. The Balaban J connectivity index is 4.57. The van der Waals surface area contributed by atoms with Crippen molar-refractivity contribution < 1.29 is 24.5 Å². The Hall–Kier alpha value is -1.66. The zero-order chi connectivity index (χ0) is 43.1. The Labute approximate surface area is 367 Å². The fraction of sp³-hybridized carbons (Fsp3) is 0.887. The first-order chi connectivity index (χ1) is 29.0. The monoisotopic (exact) mass is 832 g/mol. The number of hydrogen-bond acceptors (Lipinski definition) is 5. The Bertz CT molecular complexity index is 935. The molecule has 3 atom stereocenters. The molecule has 0 aromatic rings. The topological polar surface area (TPSA) is 95.9 Å². The summed E-state index contributed by atoms with van der Waals surface area (Å²) in [5, 5.41) is 23.7. The van der Waals surface area contributed by atoms with Crippen LogP contribution in [0.3, 0.4) is 0 Å². The van der Waals surface area contributed by atoms with Gasteiger partial charge in [0.05, 0.1) is 25.2 Å². The molecule has 3 N–H and O–H groups in total. The number of carbonyl (C=O) groups is 2. The SMILES string of the molecule is CCCCC/C=C\CCCCCCCC(=O)OC(CCCCCCCCC/C=C/CCCCCCCC)CC(=O)NC(CO)C(O)CCCCCCCCCCCCC. The number of aliphatic hydroxyl groups is 2. The third-order valence-corrected chi connectivity index (χ3v) is 12.0. The Kier molecular flexibility index (Phi) is 46.1. The molecule has 0 aliphatic heterocycles. The molecule has 0 aliphatic carbocycles. The molecule has 1 amide bonds. The highest BCUT2D eigenvalue weighted by atomic mass is 16.5. The van der Waals surface area contributed by atoms with Gasteiger partial charge in [0.15, 0.2) is 0 Å². The number of hydrogen-bond donors (Lipinski definition) is 3. The molecule has 0 saturated carbocycles. The van der Waals surface area contributed by atoms with Crippen LogP contribution in [0.1, 0.15) is 278 Å². The van der Waals surface area contributed by atoms with E-state index in [1.54, 1.807) is 0 Å². The number of ether oxygens (including phenoxy) is 1. The number of unbranched alkanes of at least 4 members (excludes halogenated alkanes) is 31. The minimum Gasteiger partial charge on any atom is -0.462 e. The van der Waals surface area contributed by atoms with Crippen LogP contribution in [0.25, 0.3) is 0 Å². The number of aliphatic hydroxyl groups excluding tert-OH is 2. The highest BCUT2D eigenvalue weighted by Gasteiger charge is 2.24. The summed E-state index contributed by atoms with van der Waals surface area (Å²) in [5.74, 6) is -0.477. The van der Waals surface area contributed by atoms with Gasteiger partial charge in [0.1, 0.15) is 6.10 Å². The van der Waals surface area contributed by atoms with E-state index in [-0.39, 0.29) is 24.9 Å². The summed E-state index contributed by atoms with van der Waals surface area (Å²) in [7, 11) is 0. The van der Waals surface area contributed by atoms with E-state index in [4.69, 9.17) is 4.74 Å². The van der Waals surface area contributed by atoms with Gasteiger partial charge >= 0.3 is 5.97 Å². The lowest BCUT2D eigenvalue weighted by Gasteiger charge is -2.24. The maximum atomic E-state index is 13.2. The van der Waals surface area contributed by atoms with E-state index in [9.17, 15) is 19.8 Å². The van der Waals surface area contributed by atoms with E-state index in [2.05, 4.69) is 50.4 Å². The fourth-order valence-corrected chi connectivity index (χ4v) is 8.01. The molecule has 0 radical (unpaired) electrons. The van der Waals surface area contributed by atoms with Crippen LogP contribution in [0.4, 0.5) is 0 Å². The van der Waals surface area contributed by atoms with Crippen LogP contribution < -0.4 is 5.32 Å². The van der Waals surface area contributed by atoms with Gasteiger partial charge in [0.25, 0.3) is 0 Å². The minimum atomic E-state index is -0.786. The standard InChI is InChI=1S/C53H101NO5/c1-4-7-10-13-16-19-22-24-25-26-27-28-30-32-35-38-41-44-49(59-53(58)46-43-40-37-34-31-23-20-17-14-11-8-5-2)47-52(57)54-50(48-55)51(56)45-42-39-36-33-29-21-18-15-12-9-6-3/h17,20,24-25,49-51,55-56H,4-16,18-19,21-23,26-48H2,1-3H3,(H,54,57)/b20-17-,25-24+. The Morgan fingerprint density at radius 2 is 0.814 bits per heavy atom. The predicted molar refractivity (Wildman–Crippen MR) is 255 cm³/mol. The average Bonchev–Trinajstić information content (AvgIpc) is 3.23. The second-order valence-corrected chi connectivity index (χ2v) is 17.9. The zero-order valence-corrected chi connectivity index (χ0v) is 39.7. The lowest BCUT2D eigenvalue weighted by atomic mass is 10.0. The molecular weight excluding hydrogens is 731 g/mol.